The predicted molar refractivity (Wildman–Crippen MR) is 82.6 cm³/mol. The molecule has 1 amide bonds. The zero-order valence-electron chi connectivity index (χ0n) is 12.7. The van der Waals surface area contributed by atoms with E-state index in [2.05, 4.69) is 24.1 Å². The van der Waals surface area contributed by atoms with Crippen LogP contribution in [0.5, 0.6) is 0 Å². The number of carbonyl (C=O) groups excluding carboxylic acids is 1. The van der Waals surface area contributed by atoms with Crippen LogP contribution in [0.25, 0.3) is 0 Å². The maximum Gasteiger partial charge on any atom is 0.224 e. The summed E-state index contributed by atoms with van der Waals surface area (Å²) in [6, 6.07) is 2.90. The number of nitrogens with one attached hydrogen (secondary N) is 1. The number of nitrogens with zero attached hydrogens (tertiary/aromatic N) is 1. The molecular formula is C14H23N3O3S. The molecule has 0 aliphatic heterocycles. The second-order valence-electron chi connectivity index (χ2n) is 5.64. The van der Waals surface area contributed by atoms with Gasteiger partial charge in [0.25, 0.3) is 0 Å². The van der Waals surface area contributed by atoms with Crippen molar-refractivity contribution >= 4 is 21.4 Å². The van der Waals surface area contributed by atoms with Gasteiger partial charge in [0, 0.05) is 12.7 Å². The maximum atomic E-state index is 11.9. The quantitative estimate of drug-likeness (QED) is 0.793. The van der Waals surface area contributed by atoms with Crippen LogP contribution in [-0.4, -0.2) is 32.1 Å². The monoisotopic (exact) mass is 313 g/mol. The van der Waals surface area contributed by atoms with Crippen molar-refractivity contribution in [3.05, 3.63) is 18.3 Å². The number of pyridine rings is 1. The summed E-state index contributed by atoms with van der Waals surface area (Å²) in [4.78, 5) is 15.8. The fourth-order valence-electron chi connectivity index (χ4n) is 2.08. The van der Waals surface area contributed by atoms with Gasteiger partial charge < -0.3 is 11.1 Å². The molecule has 3 N–H and O–H groups in total. The molecule has 0 aliphatic rings. The zero-order chi connectivity index (χ0) is 16.0. The lowest BCUT2D eigenvalue weighted by Gasteiger charge is -2.16. The van der Waals surface area contributed by atoms with Crippen molar-refractivity contribution in [1.82, 2.24) is 4.98 Å². The number of nitrogens with two attached hydrogens (primary N) is 1. The third-order valence-corrected chi connectivity index (χ3v) is 4.01. The first-order chi connectivity index (χ1) is 9.72. The number of amides is 1. The first kappa shape index (κ1) is 17.6. The van der Waals surface area contributed by atoms with Crippen LogP contribution < -0.4 is 11.1 Å². The highest BCUT2D eigenvalue weighted by molar-refractivity contribution is 7.90. The van der Waals surface area contributed by atoms with Gasteiger partial charge in [-0.1, -0.05) is 13.8 Å². The Labute approximate surface area is 126 Å². The summed E-state index contributed by atoms with van der Waals surface area (Å²) >= 11 is 0. The maximum absolute atomic E-state index is 11.9. The topological polar surface area (TPSA) is 102 Å². The summed E-state index contributed by atoms with van der Waals surface area (Å²) < 4.78 is 22.6. The molecule has 0 fully saturated rings. The summed E-state index contributed by atoms with van der Waals surface area (Å²) in [5.74, 6) is 0.496. The number of aromatic nitrogens is 1. The fourth-order valence-corrected chi connectivity index (χ4v) is 2.64. The smallest absolute Gasteiger partial charge is 0.224 e. The van der Waals surface area contributed by atoms with Gasteiger partial charge in [-0.05, 0) is 36.9 Å². The zero-order valence-corrected chi connectivity index (χ0v) is 13.5. The third-order valence-electron chi connectivity index (χ3n) is 3.01. The van der Waals surface area contributed by atoms with Crippen molar-refractivity contribution in [2.24, 2.45) is 17.6 Å². The van der Waals surface area contributed by atoms with Gasteiger partial charge in [-0.3, -0.25) is 4.79 Å². The van der Waals surface area contributed by atoms with E-state index >= 15 is 0 Å². The summed E-state index contributed by atoms with van der Waals surface area (Å²) in [5, 5.41) is 2.69. The van der Waals surface area contributed by atoms with E-state index in [1.165, 1.54) is 18.3 Å². The molecule has 118 valence electrons. The first-order valence-corrected chi connectivity index (χ1v) is 8.77. The van der Waals surface area contributed by atoms with E-state index < -0.39 is 9.84 Å². The van der Waals surface area contributed by atoms with E-state index in [1.807, 2.05) is 0 Å². The number of rotatable bonds is 7. The SMILES string of the molecule is CC(C)C[C@H](CN)CC(=O)Nc1ccc(S(C)(=O)=O)nc1. The normalized spacial score (nSPS) is 13.2. The highest BCUT2D eigenvalue weighted by Crippen LogP contribution is 2.16. The Balaban J connectivity index is 2.62. The molecule has 7 heteroatoms. The molecule has 0 saturated heterocycles. The van der Waals surface area contributed by atoms with Crippen LogP contribution in [0.3, 0.4) is 0 Å². The number of sulfone groups is 1. The van der Waals surface area contributed by atoms with Crippen LogP contribution in [-0.2, 0) is 14.6 Å². The predicted octanol–water partition coefficient (Wildman–Crippen LogP) is 1.43. The lowest BCUT2D eigenvalue weighted by molar-refractivity contribution is -0.117. The molecule has 21 heavy (non-hydrogen) atoms. The fraction of sp³-hybridized carbons (Fsp3) is 0.571. The molecule has 1 aromatic rings. The number of anilines is 1. The van der Waals surface area contributed by atoms with E-state index in [0.717, 1.165) is 12.7 Å². The average Bonchev–Trinajstić information content (AvgIpc) is 2.36. The molecule has 1 rings (SSSR count). The minimum atomic E-state index is -3.32. The minimum absolute atomic E-state index is 0.0138. The van der Waals surface area contributed by atoms with Crippen LogP contribution in [0.1, 0.15) is 26.7 Å². The van der Waals surface area contributed by atoms with E-state index in [9.17, 15) is 13.2 Å². The van der Waals surface area contributed by atoms with Crippen LogP contribution in [0.4, 0.5) is 5.69 Å². The van der Waals surface area contributed by atoms with Gasteiger partial charge >= 0.3 is 0 Å². The lowest BCUT2D eigenvalue weighted by Crippen LogP contribution is -2.23. The minimum Gasteiger partial charge on any atom is -0.330 e. The van der Waals surface area contributed by atoms with Gasteiger partial charge in [0.15, 0.2) is 14.9 Å². The average molecular weight is 313 g/mol. The third kappa shape index (κ3) is 6.22. The van der Waals surface area contributed by atoms with Gasteiger partial charge in [0.05, 0.1) is 11.9 Å². The molecule has 1 heterocycles. The first-order valence-electron chi connectivity index (χ1n) is 6.88. The molecule has 1 atom stereocenters. The summed E-state index contributed by atoms with van der Waals surface area (Å²) in [7, 11) is -3.32. The standard InChI is InChI=1S/C14H23N3O3S/c1-10(2)6-11(8-15)7-13(18)17-12-4-5-14(16-9-12)21(3,19)20/h4-5,9-11H,6-8,15H2,1-3H3,(H,17,18)/t11-/m0/s1. The number of hydrogen-bond donors (Lipinski definition) is 2. The van der Waals surface area contributed by atoms with Crippen LogP contribution in [0.15, 0.2) is 23.4 Å². The summed E-state index contributed by atoms with van der Waals surface area (Å²) in [6.07, 6.45) is 3.68. The molecule has 0 aliphatic carbocycles. The van der Waals surface area contributed by atoms with Crippen molar-refractivity contribution in [3.63, 3.8) is 0 Å². The van der Waals surface area contributed by atoms with Gasteiger partial charge in [0.2, 0.25) is 5.91 Å². The van der Waals surface area contributed by atoms with Crippen LogP contribution >= 0.6 is 0 Å². The van der Waals surface area contributed by atoms with Crippen molar-refractivity contribution in [3.8, 4) is 0 Å². The molecule has 0 aromatic carbocycles. The Morgan fingerprint density at radius 2 is 2.05 bits per heavy atom. The van der Waals surface area contributed by atoms with E-state index in [0.29, 0.717) is 24.6 Å². The largest absolute Gasteiger partial charge is 0.330 e. The number of hydrogen-bond acceptors (Lipinski definition) is 5. The Morgan fingerprint density at radius 3 is 2.48 bits per heavy atom. The van der Waals surface area contributed by atoms with Gasteiger partial charge in [0.1, 0.15) is 0 Å². The summed E-state index contributed by atoms with van der Waals surface area (Å²) in [5.41, 5.74) is 6.15. The summed E-state index contributed by atoms with van der Waals surface area (Å²) in [6.45, 7) is 4.65. The lowest BCUT2D eigenvalue weighted by atomic mass is 9.94. The molecule has 0 unspecified atom stereocenters. The highest BCUT2D eigenvalue weighted by Gasteiger charge is 2.15. The second kappa shape index (κ2) is 7.51. The van der Waals surface area contributed by atoms with Crippen molar-refractivity contribution in [2.45, 2.75) is 31.7 Å². The van der Waals surface area contributed by atoms with Crippen molar-refractivity contribution in [2.75, 3.05) is 18.1 Å². The molecule has 0 radical (unpaired) electrons. The molecule has 1 aromatic heterocycles. The van der Waals surface area contributed by atoms with E-state index in [4.69, 9.17) is 5.73 Å². The highest BCUT2D eigenvalue weighted by atomic mass is 32.2. The Kier molecular flexibility index (Phi) is 6.29. The molecule has 0 saturated carbocycles. The second-order valence-corrected chi connectivity index (χ2v) is 7.60. The van der Waals surface area contributed by atoms with E-state index in [-0.39, 0.29) is 16.9 Å². The molecule has 0 bridgehead atoms. The van der Waals surface area contributed by atoms with Gasteiger partial charge in [-0.2, -0.15) is 0 Å². The van der Waals surface area contributed by atoms with Gasteiger partial charge in [-0.15, -0.1) is 0 Å². The molecular weight excluding hydrogens is 290 g/mol. The Bertz CT molecular complexity index is 568. The van der Waals surface area contributed by atoms with Gasteiger partial charge in [-0.25, -0.2) is 13.4 Å². The van der Waals surface area contributed by atoms with Crippen LogP contribution in [0, 0.1) is 11.8 Å². The van der Waals surface area contributed by atoms with E-state index in [1.54, 1.807) is 0 Å². The van der Waals surface area contributed by atoms with Crippen molar-refractivity contribution < 1.29 is 13.2 Å². The molecule has 0 spiro atoms. The van der Waals surface area contributed by atoms with Crippen LogP contribution in [0.2, 0.25) is 0 Å². The number of carbonyl (C=O) groups is 1. The Morgan fingerprint density at radius 1 is 1.38 bits per heavy atom. The van der Waals surface area contributed by atoms with Crippen molar-refractivity contribution in [1.29, 1.82) is 0 Å². The Hall–Kier alpha value is -1.47. The molecule has 6 nitrogen and oxygen atoms in total.